The first-order valence-electron chi connectivity index (χ1n) is 11.8. The van der Waals surface area contributed by atoms with Crippen molar-refractivity contribution in [2.45, 2.75) is 50.0 Å². The Hall–Kier alpha value is -2.78. The van der Waals surface area contributed by atoms with Crippen LogP contribution in [0.4, 0.5) is 15.8 Å². The Morgan fingerprint density at radius 1 is 0.971 bits per heavy atom. The van der Waals surface area contributed by atoms with Gasteiger partial charge in [0.2, 0.25) is 21.8 Å². The molecule has 180 valence electrons. The number of sulfonamides is 1. The average molecular weight is 486 g/mol. The van der Waals surface area contributed by atoms with Gasteiger partial charge in [0.05, 0.1) is 4.90 Å². The van der Waals surface area contributed by atoms with Crippen LogP contribution in [0.15, 0.2) is 47.4 Å². The molecular weight excluding hydrogens is 457 g/mol. The van der Waals surface area contributed by atoms with E-state index in [1.165, 1.54) is 28.6 Å². The topological polar surface area (TPSA) is 86.8 Å². The zero-order valence-corrected chi connectivity index (χ0v) is 19.9. The maximum Gasteiger partial charge on any atom is 0.243 e. The van der Waals surface area contributed by atoms with E-state index in [1.807, 2.05) is 11.8 Å². The summed E-state index contributed by atoms with van der Waals surface area (Å²) in [6.45, 7) is 2.50. The lowest BCUT2D eigenvalue weighted by molar-refractivity contribution is -0.121. The van der Waals surface area contributed by atoms with Gasteiger partial charge in [0, 0.05) is 42.3 Å². The predicted octanol–water partition coefficient (Wildman–Crippen LogP) is 3.55. The number of nitrogens with one attached hydrogen (secondary N) is 1. The van der Waals surface area contributed by atoms with E-state index in [2.05, 4.69) is 5.32 Å². The zero-order chi connectivity index (χ0) is 24.0. The summed E-state index contributed by atoms with van der Waals surface area (Å²) in [6.07, 6.45) is 3.34. The predicted molar refractivity (Wildman–Crippen MR) is 126 cm³/mol. The Morgan fingerprint density at radius 3 is 2.29 bits per heavy atom. The van der Waals surface area contributed by atoms with Crippen molar-refractivity contribution in [3.8, 4) is 0 Å². The minimum Gasteiger partial charge on any atom is -0.326 e. The molecule has 2 amide bonds. The van der Waals surface area contributed by atoms with Crippen molar-refractivity contribution >= 4 is 33.2 Å². The van der Waals surface area contributed by atoms with Gasteiger partial charge in [-0.3, -0.25) is 9.59 Å². The molecule has 0 bridgehead atoms. The van der Waals surface area contributed by atoms with E-state index >= 15 is 0 Å². The number of piperidine rings is 1. The first kappa shape index (κ1) is 23.0. The van der Waals surface area contributed by atoms with Crippen LogP contribution in [0.1, 0.15) is 38.2 Å². The number of hydrogen-bond donors (Lipinski definition) is 1. The van der Waals surface area contributed by atoms with Crippen LogP contribution in [0.3, 0.4) is 0 Å². The number of amides is 2. The Bertz CT molecular complexity index is 1220. The molecule has 1 N–H and O–H groups in total. The first-order valence-corrected chi connectivity index (χ1v) is 13.2. The van der Waals surface area contributed by atoms with E-state index in [-0.39, 0.29) is 53.5 Å². The highest BCUT2D eigenvalue weighted by Gasteiger charge is 2.40. The molecule has 2 aliphatic heterocycles. The van der Waals surface area contributed by atoms with Crippen LogP contribution in [-0.4, -0.2) is 43.7 Å². The average Bonchev–Trinajstić information content (AvgIpc) is 3.62. The number of benzene rings is 2. The monoisotopic (exact) mass is 485 g/mol. The molecule has 1 saturated carbocycles. The second kappa shape index (κ2) is 8.78. The Kier molecular flexibility index (Phi) is 5.93. The summed E-state index contributed by atoms with van der Waals surface area (Å²) in [5.74, 6) is -0.615. The normalized spacial score (nSPS) is 21.4. The molecule has 34 heavy (non-hydrogen) atoms. The minimum absolute atomic E-state index is 0.0245. The van der Waals surface area contributed by atoms with Crippen molar-refractivity contribution in [2.75, 3.05) is 23.3 Å². The van der Waals surface area contributed by atoms with Gasteiger partial charge in [-0.1, -0.05) is 0 Å². The van der Waals surface area contributed by atoms with Crippen molar-refractivity contribution in [1.82, 2.24) is 4.31 Å². The Labute approximate surface area is 199 Å². The summed E-state index contributed by atoms with van der Waals surface area (Å²) in [7, 11) is -3.70. The fraction of sp³-hybridized carbons (Fsp3) is 0.440. The van der Waals surface area contributed by atoms with Crippen molar-refractivity contribution in [2.24, 2.45) is 11.8 Å². The van der Waals surface area contributed by atoms with Crippen LogP contribution < -0.4 is 10.2 Å². The molecule has 2 fully saturated rings. The fourth-order valence-corrected chi connectivity index (χ4v) is 6.44. The van der Waals surface area contributed by atoms with Crippen molar-refractivity contribution < 1.29 is 22.4 Å². The number of nitrogens with zero attached hydrogens (tertiary/aromatic N) is 2. The molecule has 0 radical (unpaired) electrons. The smallest absolute Gasteiger partial charge is 0.243 e. The second-order valence-electron chi connectivity index (χ2n) is 9.50. The van der Waals surface area contributed by atoms with E-state index in [1.54, 1.807) is 18.2 Å². The maximum atomic E-state index is 13.3. The van der Waals surface area contributed by atoms with Crippen molar-refractivity contribution in [3.05, 3.63) is 53.8 Å². The molecule has 3 aliphatic rings. The largest absolute Gasteiger partial charge is 0.326 e. The van der Waals surface area contributed by atoms with Crippen molar-refractivity contribution in [1.29, 1.82) is 0 Å². The summed E-state index contributed by atoms with van der Waals surface area (Å²) >= 11 is 0. The quantitative estimate of drug-likeness (QED) is 0.702. The lowest BCUT2D eigenvalue weighted by Gasteiger charge is -2.30. The summed E-state index contributed by atoms with van der Waals surface area (Å²) in [5, 5.41) is 2.78. The van der Waals surface area contributed by atoms with Gasteiger partial charge in [-0.25, -0.2) is 12.8 Å². The molecule has 0 spiro atoms. The number of hydrogen-bond acceptors (Lipinski definition) is 4. The highest BCUT2D eigenvalue weighted by Crippen LogP contribution is 2.40. The third-order valence-electron chi connectivity index (χ3n) is 7.00. The molecular formula is C25H28FN3O4S. The molecule has 1 atom stereocenters. The van der Waals surface area contributed by atoms with E-state index in [9.17, 15) is 22.4 Å². The number of halogens is 1. The third kappa shape index (κ3) is 4.34. The van der Waals surface area contributed by atoms with Gasteiger partial charge in [0.1, 0.15) is 5.82 Å². The maximum absolute atomic E-state index is 13.3. The molecule has 9 heteroatoms. The van der Waals surface area contributed by atoms with Crippen LogP contribution in [0.2, 0.25) is 0 Å². The number of carbonyl (C=O) groups is 2. The van der Waals surface area contributed by atoms with Crippen molar-refractivity contribution in [3.63, 3.8) is 0 Å². The molecule has 1 aliphatic carbocycles. The minimum atomic E-state index is -3.70. The van der Waals surface area contributed by atoms with Crippen LogP contribution in [-0.2, 0) is 26.0 Å². The standard InChI is InChI=1S/C25H28FN3O4S/c1-16-14-19-15-22(8-9-23(19)29(16)25(31)18-2-3-18)34(32,33)28-12-10-17(11-13-28)24(30)27-21-6-4-20(26)5-7-21/h4-9,15-18H,2-3,10-14H2,1H3,(H,27,30). The highest BCUT2D eigenvalue weighted by atomic mass is 32.2. The van der Waals surface area contributed by atoms with Gasteiger partial charge in [-0.15, -0.1) is 0 Å². The van der Waals surface area contributed by atoms with Crippen LogP contribution in [0, 0.1) is 17.7 Å². The van der Waals surface area contributed by atoms with Gasteiger partial charge in [0.15, 0.2) is 0 Å². The van der Waals surface area contributed by atoms with Gasteiger partial charge < -0.3 is 10.2 Å². The molecule has 1 saturated heterocycles. The summed E-state index contributed by atoms with van der Waals surface area (Å²) < 4.78 is 41.1. The first-order chi connectivity index (χ1) is 16.2. The van der Waals surface area contributed by atoms with E-state index in [0.29, 0.717) is 24.9 Å². The molecule has 7 nitrogen and oxygen atoms in total. The number of rotatable bonds is 5. The Morgan fingerprint density at radius 2 is 1.65 bits per heavy atom. The van der Waals surface area contributed by atoms with Gasteiger partial charge >= 0.3 is 0 Å². The molecule has 2 aromatic carbocycles. The fourth-order valence-electron chi connectivity index (χ4n) is 4.92. The number of anilines is 2. The van der Waals surface area contributed by atoms with Gasteiger partial charge in [-0.2, -0.15) is 4.31 Å². The summed E-state index contributed by atoms with van der Waals surface area (Å²) in [4.78, 5) is 27.3. The lowest BCUT2D eigenvalue weighted by atomic mass is 9.97. The molecule has 1 unspecified atom stereocenters. The third-order valence-corrected chi connectivity index (χ3v) is 8.90. The van der Waals surface area contributed by atoms with E-state index in [4.69, 9.17) is 0 Å². The molecule has 2 aromatic rings. The van der Waals surface area contributed by atoms with Crippen LogP contribution >= 0.6 is 0 Å². The van der Waals surface area contributed by atoms with Gasteiger partial charge in [0.25, 0.3) is 0 Å². The summed E-state index contributed by atoms with van der Waals surface area (Å²) in [6, 6.07) is 10.6. The lowest BCUT2D eigenvalue weighted by Crippen LogP contribution is -2.41. The number of fused-ring (bicyclic) bond motifs is 1. The SMILES string of the molecule is CC1Cc2cc(S(=O)(=O)N3CCC(C(=O)Nc4ccc(F)cc4)CC3)ccc2N1C(=O)C1CC1. The van der Waals surface area contributed by atoms with Crippen LogP contribution in [0.25, 0.3) is 0 Å². The Balaban J connectivity index is 1.24. The number of carbonyl (C=O) groups excluding carboxylic acids is 2. The summed E-state index contributed by atoms with van der Waals surface area (Å²) in [5.41, 5.74) is 2.22. The second-order valence-corrected chi connectivity index (χ2v) is 11.4. The molecule has 5 rings (SSSR count). The van der Waals surface area contributed by atoms with Gasteiger partial charge in [-0.05, 0) is 87.1 Å². The molecule has 2 heterocycles. The zero-order valence-electron chi connectivity index (χ0n) is 19.0. The van der Waals surface area contributed by atoms with E-state index in [0.717, 1.165) is 24.1 Å². The van der Waals surface area contributed by atoms with E-state index < -0.39 is 10.0 Å². The van der Waals surface area contributed by atoms with Crippen LogP contribution in [0.5, 0.6) is 0 Å². The molecule has 0 aromatic heterocycles. The highest BCUT2D eigenvalue weighted by molar-refractivity contribution is 7.89.